The van der Waals surface area contributed by atoms with Crippen LogP contribution in [0.1, 0.15) is 15.9 Å². The fourth-order valence-corrected chi connectivity index (χ4v) is 3.42. The summed E-state index contributed by atoms with van der Waals surface area (Å²) in [7, 11) is 3.40. The van der Waals surface area contributed by atoms with Crippen molar-refractivity contribution >= 4 is 38.5 Å². The Morgan fingerprint density at radius 1 is 1.12 bits per heavy atom. The summed E-state index contributed by atoms with van der Waals surface area (Å²) in [6.07, 6.45) is 4.00. The number of fused-ring (bicyclic) bond motifs is 4. The van der Waals surface area contributed by atoms with Gasteiger partial charge in [-0.2, -0.15) is 0 Å². The number of para-hydroxylation sites is 1. The lowest BCUT2D eigenvalue weighted by atomic mass is 9.96. The number of aromatic nitrogens is 2. The van der Waals surface area contributed by atoms with Gasteiger partial charge in [-0.3, -0.25) is 0 Å². The molecule has 1 N–H and O–H groups in total. The molecule has 0 aliphatic heterocycles. The predicted molar refractivity (Wildman–Crippen MR) is 90.6 cm³/mol. The smallest absolute Gasteiger partial charge is 0.340 e. The number of pyridine rings is 1. The minimum absolute atomic E-state index is 0. The number of carbonyl (C=O) groups is 1. The molecule has 0 fully saturated rings. The van der Waals surface area contributed by atoms with Crippen LogP contribution in [0, 0.1) is 6.92 Å². The van der Waals surface area contributed by atoms with Crippen LogP contribution >= 0.6 is 0 Å². The summed E-state index contributed by atoms with van der Waals surface area (Å²) >= 11 is 0. The molecule has 2 heterocycles. The van der Waals surface area contributed by atoms with Gasteiger partial charge in [0.25, 0.3) is 0 Å². The number of benzene rings is 2. The summed E-state index contributed by atoms with van der Waals surface area (Å²) in [5.41, 5.74) is 3.63. The van der Waals surface area contributed by atoms with Gasteiger partial charge in [0.1, 0.15) is 7.05 Å². The van der Waals surface area contributed by atoms with Gasteiger partial charge in [-0.05, 0) is 18.6 Å². The first-order chi connectivity index (χ1) is 11.1. The van der Waals surface area contributed by atoms with Gasteiger partial charge in [0.15, 0.2) is 12.4 Å². The lowest BCUT2D eigenvalue weighted by Crippen LogP contribution is -3.00. The Labute approximate surface area is 145 Å². The van der Waals surface area contributed by atoms with Gasteiger partial charge >= 0.3 is 5.97 Å². The van der Waals surface area contributed by atoms with E-state index in [0.29, 0.717) is 5.56 Å². The van der Waals surface area contributed by atoms with Crippen molar-refractivity contribution in [2.45, 2.75) is 6.92 Å². The molecule has 122 valence electrons. The third-order valence-corrected chi connectivity index (χ3v) is 4.49. The summed E-state index contributed by atoms with van der Waals surface area (Å²) < 4.78 is 7.05. The number of esters is 1. The molecule has 0 unspecified atom stereocenters. The van der Waals surface area contributed by atoms with Crippen molar-refractivity contribution in [1.29, 1.82) is 0 Å². The molecule has 4 nitrogen and oxygen atoms in total. The first kappa shape index (κ1) is 16.3. The summed E-state index contributed by atoms with van der Waals surface area (Å²) in [5, 5.41) is 4.18. The van der Waals surface area contributed by atoms with Gasteiger partial charge in [0.05, 0.1) is 23.6 Å². The summed E-state index contributed by atoms with van der Waals surface area (Å²) in [6, 6.07) is 10.1. The molecule has 0 aliphatic carbocycles. The zero-order valence-corrected chi connectivity index (χ0v) is 14.4. The van der Waals surface area contributed by atoms with E-state index in [-0.39, 0.29) is 18.4 Å². The second-order valence-electron chi connectivity index (χ2n) is 5.85. The molecule has 0 spiro atoms. The number of aryl methyl sites for hydroxylation is 2. The van der Waals surface area contributed by atoms with E-state index in [0.717, 1.165) is 38.1 Å². The van der Waals surface area contributed by atoms with Crippen molar-refractivity contribution in [1.82, 2.24) is 4.98 Å². The zero-order chi connectivity index (χ0) is 16.1. The number of ether oxygens (including phenoxy) is 1. The normalized spacial score (nSPS) is 11.0. The first-order valence-corrected chi connectivity index (χ1v) is 7.52. The maximum absolute atomic E-state index is 12.5. The largest absolute Gasteiger partial charge is 1.00 e. The Morgan fingerprint density at radius 2 is 1.88 bits per heavy atom. The van der Waals surface area contributed by atoms with Crippen molar-refractivity contribution in [2.75, 3.05) is 7.11 Å². The second-order valence-corrected chi connectivity index (χ2v) is 5.85. The summed E-state index contributed by atoms with van der Waals surface area (Å²) in [5.74, 6) is -0.319. The van der Waals surface area contributed by atoms with Gasteiger partial charge in [-0.25, -0.2) is 9.36 Å². The SMILES string of the molecule is COC(=O)c1c2cc[n+](C)cc2c(C)c2c1[nH]c1ccccc12.[Cl-]. The zero-order valence-electron chi connectivity index (χ0n) is 13.7. The molecule has 0 saturated carbocycles. The Morgan fingerprint density at radius 3 is 2.62 bits per heavy atom. The van der Waals surface area contributed by atoms with E-state index in [4.69, 9.17) is 4.74 Å². The van der Waals surface area contributed by atoms with Crippen LogP contribution in [0.3, 0.4) is 0 Å². The molecule has 0 radical (unpaired) electrons. The molecule has 24 heavy (non-hydrogen) atoms. The van der Waals surface area contributed by atoms with Crippen molar-refractivity contribution in [3.63, 3.8) is 0 Å². The number of nitrogens with zero attached hydrogens (tertiary/aromatic N) is 1. The molecule has 0 saturated heterocycles. The molecular formula is C19H17ClN2O2. The molecule has 5 heteroatoms. The molecule has 0 bridgehead atoms. The third kappa shape index (κ3) is 2.14. The van der Waals surface area contributed by atoms with Gasteiger partial charge in [-0.15, -0.1) is 0 Å². The van der Waals surface area contributed by atoms with E-state index < -0.39 is 0 Å². The van der Waals surface area contributed by atoms with Gasteiger partial charge in [0, 0.05) is 27.7 Å². The number of nitrogens with one attached hydrogen (secondary N) is 1. The number of methoxy groups -OCH3 is 1. The summed E-state index contributed by atoms with van der Waals surface area (Å²) in [4.78, 5) is 15.9. The maximum Gasteiger partial charge on any atom is 0.340 e. The Bertz CT molecular complexity index is 1100. The minimum Gasteiger partial charge on any atom is -1.00 e. The van der Waals surface area contributed by atoms with Crippen molar-refractivity contribution < 1.29 is 26.5 Å². The topological polar surface area (TPSA) is 46.0 Å². The second kappa shape index (κ2) is 5.80. The Balaban J connectivity index is 0.00000169. The van der Waals surface area contributed by atoms with E-state index in [1.54, 1.807) is 0 Å². The van der Waals surface area contributed by atoms with E-state index in [2.05, 4.69) is 24.2 Å². The first-order valence-electron chi connectivity index (χ1n) is 7.52. The van der Waals surface area contributed by atoms with E-state index >= 15 is 0 Å². The highest BCUT2D eigenvalue weighted by molar-refractivity contribution is 6.23. The molecule has 2 aromatic carbocycles. The number of rotatable bonds is 1. The monoisotopic (exact) mass is 340 g/mol. The number of carbonyl (C=O) groups excluding carboxylic acids is 1. The molecule has 0 aliphatic rings. The van der Waals surface area contributed by atoms with E-state index in [1.807, 2.05) is 42.1 Å². The third-order valence-electron chi connectivity index (χ3n) is 4.49. The number of H-pyrrole nitrogens is 1. The predicted octanol–water partition coefficient (Wildman–Crippen LogP) is 0.398. The number of hydrogen-bond acceptors (Lipinski definition) is 2. The van der Waals surface area contributed by atoms with E-state index in [1.165, 1.54) is 7.11 Å². The van der Waals surface area contributed by atoms with Crippen molar-refractivity contribution in [3.8, 4) is 0 Å². The average Bonchev–Trinajstić information content (AvgIpc) is 2.94. The molecule has 2 aromatic heterocycles. The highest BCUT2D eigenvalue weighted by atomic mass is 35.5. The fraction of sp³-hybridized carbons (Fsp3) is 0.158. The van der Waals surface area contributed by atoms with Gasteiger partial charge in [0.2, 0.25) is 0 Å². The molecule has 4 aromatic rings. The van der Waals surface area contributed by atoms with Crippen LogP contribution in [0.2, 0.25) is 0 Å². The fourth-order valence-electron chi connectivity index (χ4n) is 3.42. The highest BCUT2D eigenvalue weighted by Gasteiger charge is 2.22. The number of halogens is 1. The van der Waals surface area contributed by atoms with Gasteiger partial charge < -0.3 is 22.1 Å². The summed E-state index contributed by atoms with van der Waals surface area (Å²) in [6.45, 7) is 2.10. The van der Waals surface area contributed by atoms with Gasteiger partial charge in [-0.1, -0.05) is 18.2 Å². The Hall–Kier alpha value is -2.59. The average molecular weight is 341 g/mol. The molecule has 4 rings (SSSR count). The van der Waals surface area contributed by atoms with Crippen LogP contribution in [-0.4, -0.2) is 18.1 Å². The molecule has 0 amide bonds. The number of aromatic amines is 1. The van der Waals surface area contributed by atoms with Crippen LogP contribution in [0.25, 0.3) is 32.6 Å². The number of hydrogen-bond donors (Lipinski definition) is 1. The van der Waals surface area contributed by atoms with Crippen LogP contribution in [-0.2, 0) is 11.8 Å². The standard InChI is InChI=1S/C19H16N2O2.ClH/c1-11-14-10-21(2)9-8-12(14)17(19(22)23-3)18-16(11)13-6-4-5-7-15(13)20-18;/h4-10H,1-3H3;1H. The lowest BCUT2D eigenvalue weighted by molar-refractivity contribution is -0.670. The van der Waals surface area contributed by atoms with Crippen LogP contribution in [0.4, 0.5) is 0 Å². The minimum atomic E-state index is -0.319. The highest BCUT2D eigenvalue weighted by Crippen LogP contribution is 2.36. The molecular weight excluding hydrogens is 324 g/mol. The van der Waals surface area contributed by atoms with Crippen LogP contribution in [0.15, 0.2) is 42.7 Å². The van der Waals surface area contributed by atoms with Crippen molar-refractivity contribution in [2.24, 2.45) is 7.05 Å². The van der Waals surface area contributed by atoms with E-state index in [9.17, 15) is 4.79 Å². The lowest BCUT2D eigenvalue weighted by Gasteiger charge is -2.09. The quantitative estimate of drug-likeness (QED) is 0.403. The Kier molecular flexibility index (Phi) is 3.93. The van der Waals surface area contributed by atoms with Crippen molar-refractivity contribution in [3.05, 3.63) is 53.9 Å². The van der Waals surface area contributed by atoms with Crippen LogP contribution in [0.5, 0.6) is 0 Å². The van der Waals surface area contributed by atoms with Crippen LogP contribution < -0.4 is 17.0 Å². The molecule has 0 atom stereocenters. The maximum atomic E-state index is 12.5.